The molecule has 2 N–H and O–H groups in total. The van der Waals surface area contributed by atoms with Crippen molar-refractivity contribution in [1.82, 2.24) is 15.2 Å². The van der Waals surface area contributed by atoms with Gasteiger partial charge in [0.2, 0.25) is 5.91 Å². The molecule has 0 saturated carbocycles. The normalized spacial score (nSPS) is 12.1. The Kier molecular flexibility index (Phi) is 5.14. The minimum atomic E-state index is -0.593. The van der Waals surface area contributed by atoms with Gasteiger partial charge in [0.05, 0.1) is 5.41 Å². The van der Waals surface area contributed by atoms with E-state index >= 15 is 0 Å². The number of carbonyl (C=O) groups excluding carboxylic acids is 1. The Labute approximate surface area is 136 Å². The maximum absolute atomic E-state index is 12.6. The standard InChI is InChI=1S/C17H24ClN3O/c1-17(2,16(22)19-8-5-9-21(3)4)14-11-20-15-10-12(18)6-7-13(14)15/h6-7,10-11,20H,5,8-9H2,1-4H3,(H,19,22). The summed E-state index contributed by atoms with van der Waals surface area (Å²) in [5.41, 5.74) is 1.35. The van der Waals surface area contributed by atoms with Gasteiger partial charge in [0.15, 0.2) is 0 Å². The second-order valence-corrected chi connectivity index (χ2v) is 6.87. The van der Waals surface area contributed by atoms with Crippen LogP contribution in [0.2, 0.25) is 5.02 Å². The molecule has 0 bridgehead atoms. The lowest BCUT2D eigenvalue weighted by atomic mass is 9.83. The molecule has 0 aliphatic heterocycles. The number of nitrogens with zero attached hydrogens (tertiary/aromatic N) is 1. The molecule has 1 heterocycles. The van der Waals surface area contributed by atoms with Crippen LogP contribution in [0.15, 0.2) is 24.4 Å². The van der Waals surface area contributed by atoms with Gasteiger partial charge < -0.3 is 15.2 Å². The number of benzene rings is 1. The van der Waals surface area contributed by atoms with Crippen LogP contribution in [-0.4, -0.2) is 43.0 Å². The lowest BCUT2D eigenvalue weighted by molar-refractivity contribution is -0.125. The predicted octanol–water partition coefficient (Wildman–Crippen LogP) is 3.17. The molecule has 0 unspecified atom stereocenters. The first kappa shape index (κ1) is 16.8. The van der Waals surface area contributed by atoms with Gasteiger partial charge in [-0.05, 0) is 58.6 Å². The van der Waals surface area contributed by atoms with Gasteiger partial charge in [-0.3, -0.25) is 4.79 Å². The topological polar surface area (TPSA) is 48.1 Å². The molecule has 1 aromatic carbocycles. The third kappa shape index (κ3) is 3.62. The Balaban J connectivity index is 2.12. The molecule has 0 radical (unpaired) electrons. The Morgan fingerprint density at radius 2 is 2.09 bits per heavy atom. The number of H-pyrrole nitrogens is 1. The first-order valence-electron chi connectivity index (χ1n) is 7.52. The first-order valence-corrected chi connectivity index (χ1v) is 7.90. The van der Waals surface area contributed by atoms with Crippen molar-refractivity contribution in [3.63, 3.8) is 0 Å². The van der Waals surface area contributed by atoms with Crippen LogP contribution in [0.5, 0.6) is 0 Å². The van der Waals surface area contributed by atoms with Crippen LogP contribution in [0.4, 0.5) is 0 Å². The summed E-state index contributed by atoms with van der Waals surface area (Å²) in [6, 6.07) is 5.70. The number of hydrogen-bond donors (Lipinski definition) is 2. The van der Waals surface area contributed by atoms with Crippen molar-refractivity contribution in [3.05, 3.63) is 35.0 Å². The number of nitrogens with one attached hydrogen (secondary N) is 2. The van der Waals surface area contributed by atoms with Crippen LogP contribution in [-0.2, 0) is 10.2 Å². The van der Waals surface area contributed by atoms with E-state index in [0.717, 1.165) is 29.4 Å². The number of aromatic amines is 1. The van der Waals surface area contributed by atoms with Gasteiger partial charge in [-0.25, -0.2) is 0 Å². The molecule has 1 amide bonds. The highest BCUT2D eigenvalue weighted by atomic mass is 35.5. The molecule has 120 valence electrons. The van der Waals surface area contributed by atoms with E-state index in [1.165, 1.54) is 0 Å². The van der Waals surface area contributed by atoms with Crippen molar-refractivity contribution >= 4 is 28.4 Å². The van der Waals surface area contributed by atoms with Crippen LogP contribution in [0.25, 0.3) is 10.9 Å². The van der Waals surface area contributed by atoms with E-state index < -0.39 is 5.41 Å². The monoisotopic (exact) mass is 321 g/mol. The van der Waals surface area contributed by atoms with Gasteiger partial charge in [0, 0.05) is 28.7 Å². The van der Waals surface area contributed by atoms with Crippen molar-refractivity contribution in [2.75, 3.05) is 27.2 Å². The van der Waals surface area contributed by atoms with E-state index in [2.05, 4.69) is 15.2 Å². The molecule has 5 heteroatoms. The van der Waals surface area contributed by atoms with Crippen molar-refractivity contribution < 1.29 is 4.79 Å². The molecular formula is C17H24ClN3O. The molecular weight excluding hydrogens is 298 g/mol. The van der Waals surface area contributed by atoms with Crippen LogP contribution < -0.4 is 5.32 Å². The van der Waals surface area contributed by atoms with Crippen LogP contribution in [0.1, 0.15) is 25.8 Å². The maximum atomic E-state index is 12.6. The van der Waals surface area contributed by atoms with E-state index in [4.69, 9.17) is 11.6 Å². The first-order chi connectivity index (χ1) is 10.3. The fraction of sp³-hybridized carbons (Fsp3) is 0.471. The van der Waals surface area contributed by atoms with Gasteiger partial charge >= 0.3 is 0 Å². The molecule has 0 aliphatic rings. The molecule has 22 heavy (non-hydrogen) atoms. The fourth-order valence-electron chi connectivity index (χ4n) is 2.56. The predicted molar refractivity (Wildman–Crippen MR) is 92.5 cm³/mol. The highest BCUT2D eigenvalue weighted by Crippen LogP contribution is 2.31. The van der Waals surface area contributed by atoms with Crippen molar-refractivity contribution in [2.45, 2.75) is 25.7 Å². The second kappa shape index (κ2) is 6.71. The largest absolute Gasteiger partial charge is 0.361 e. The van der Waals surface area contributed by atoms with Crippen LogP contribution in [0, 0.1) is 0 Å². The van der Waals surface area contributed by atoms with Gasteiger partial charge in [0.25, 0.3) is 0 Å². The quantitative estimate of drug-likeness (QED) is 0.803. The van der Waals surface area contributed by atoms with E-state index in [1.54, 1.807) is 0 Å². The number of fused-ring (bicyclic) bond motifs is 1. The Bertz CT molecular complexity index is 661. The van der Waals surface area contributed by atoms with Crippen molar-refractivity contribution in [2.24, 2.45) is 0 Å². The number of hydrogen-bond acceptors (Lipinski definition) is 2. The second-order valence-electron chi connectivity index (χ2n) is 6.43. The Morgan fingerprint density at radius 1 is 1.36 bits per heavy atom. The number of rotatable bonds is 6. The number of halogens is 1. The molecule has 0 atom stereocenters. The lowest BCUT2D eigenvalue weighted by Crippen LogP contribution is -2.40. The lowest BCUT2D eigenvalue weighted by Gasteiger charge is -2.23. The van der Waals surface area contributed by atoms with Crippen LogP contribution in [0.3, 0.4) is 0 Å². The third-order valence-corrected chi connectivity index (χ3v) is 4.19. The van der Waals surface area contributed by atoms with Gasteiger partial charge in [-0.15, -0.1) is 0 Å². The van der Waals surface area contributed by atoms with Gasteiger partial charge in [-0.2, -0.15) is 0 Å². The van der Waals surface area contributed by atoms with E-state index in [9.17, 15) is 4.79 Å². The molecule has 1 aromatic heterocycles. The van der Waals surface area contributed by atoms with E-state index in [0.29, 0.717) is 11.6 Å². The summed E-state index contributed by atoms with van der Waals surface area (Å²) < 4.78 is 0. The molecule has 0 fully saturated rings. The zero-order valence-electron chi connectivity index (χ0n) is 13.7. The minimum absolute atomic E-state index is 0.0436. The van der Waals surface area contributed by atoms with Gasteiger partial charge in [-0.1, -0.05) is 17.7 Å². The van der Waals surface area contributed by atoms with Gasteiger partial charge in [0.1, 0.15) is 0 Å². The minimum Gasteiger partial charge on any atom is -0.361 e. The SMILES string of the molecule is CN(C)CCCNC(=O)C(C)(C)c1c[nH]c2cc(Cl)ccc12. The molecule has 0 saturated heterocycles. The summed E-state index contributed by atoms with van der Waals surface area (Å²) in [4.78, 5) is 17.9. The average Bonchev–Trinajstić information content (AvgIpc) is 2.86. The Morgan fingerprint density at radius 3 is 2.77 bits per heavy atom. The zero-order valence-corrected chi connectivity index (χ0v) is 14.4. The summed E-state index contributed by atoms with van der Waals surface area (Å²) in [6.07, 6.45) is 2.85. The van der Waals surface area contributed by atoms with Crippen molar-refractivity contribution in [1.29, 1.82) is 0 Å². The van der Waals surface area contributed by atoms with Crippen molar-refractivity contribution in [3.8, 4) is 0 Å². The highest BCUT2D eigenvalue weighted by Gasteiger charge is 2.31. The number of carbonyl (C=O) groups is 1. The summed E-state index contributed by atoms with van der Waals surface area (Å²) in [5, 5.41) is 4.76. The summed E-state index contributed by atoms with van der Waals surface area (Å²) in [7, 11) is 4.06. The summed E-state index contributed by atoms with van der Waals surface area (Å²) >= 11 is 6.01. The summed E-state index contributed by atoms with van der Waals surface area (Å²) in [6.45, 7) is 5.55. The molecule has 4 nitrogen and oxygen atoms in total. The average molecular weight is 322 g/mol. The maximum Gasteiger partial charge on any atom is 0.230 e. The summed E-state index contributed by atoms with van der Waals surface area (Å²) in [5.74, 6) is 0.0436. The highest BCUT2D eigenvalue weighted by molar-refractivity contribution is 6.31. The molecule has 2 aromatic rings. The number of amides is 1. The zero-order chi connectivity index (χ0) is 16.3. The van der Waals surface area contributed by atoms with E-state index in [1.807, 2.05) is 52.3 Å². The third-order valence-electron chi connectivity index (χ3n) is 3.95. The van der Waals surface area contributed by atoms with Crippen LogP contribution >= 0.6 is 11.6 Å². The smallest absolute Gasteiger partial charge is 0.230 e. The molecule has 0 aliphatic carbocycles. The molecule has 2 rings (SSSR count). The number of aromatic nitrogens is 1. The van der Waals surface area contributed by atoms with E-state index in [-0.39, 0.29) is 5.91 Å². The molecule has 0 spiro atoms. The fourth-order valence-corrected chi connectivity index (χ4v) is 2.73. The Hall–Kier alpha value is -1.52.